The lowest BCUT2D eigenvalue weighted by Gasteiger charge is -2.24. The number of nitrogens with zero attached hydrogens (tertiary/aromatic N) is 1. The van der Waals surface area contributed by atoms with Gasteiger partial charge in [0.25, 0.3) is 0 Å². The zero-order valence-corrected chi connectivity index (χ0v) is 16.9. The number of rotatable bonds is 5. The average molecular weight is 445 g/mol. The van der Waals surface area contributed by atoms with Gasteiger partial charge in [0.15, 0.2) is 5.96 Å². The van der Waals surface area contributed by atoms with Crippen LogP contribution < -0.4 is 15.4 Å². The molecule has 0 aromatic heterocycles. The minimum atomic E-state index is 0. The highest BCUT2D eigenvalue weighted by molar-refractivity contribution is 14.0. The lowest BCUT2D eigenvalue weighted by Crippen LogP contribution is -2.49. The predicted molar refractivity (Wildman–Crippen MR) is 107 cm³/mol. The smallest absolute Gasteiger partial charge is 0.191 e. The van der Waals surface area contributed by atoms with Gasteiger partial charge in [-0.25, -0.2) is 0 Å². The van der Waals surface area contributed by atoms with Gasteiger partial charge in [0.2, 0.25) is 0 Å². The van der Waals surface area contributed by atoms with Crippen molar-refractivity contribution >= 4 is 29.9 Å². The van der Waals surface area contributed by atoms with Crippen molar-refractivity contribution < 1.29 is 9.47 Å². The Hall–Kier alpha value is -1.02. The van der Waals surface area contributed by atoms with Gasteiger partial charge >= 0.3 is 0 Å². The molecule has 24 heavy (non-hydrogen) atoms. The van der Waals surface area contributed by atoms with E-state index in [1.54, 1.807) is 7.05 Å². The van der Waals surface area contributed by atoms with E-state index in [0.29, 0.717) is 24.8 Å². The number of nitrogens with one attached hydrogen (secondary N) is 2. The average Bonchev–Trinajstić information content (AvgIpc) is 3.16. The molecule has 0 radical (unpaired) electrons. The minimum absolute atomic E-state index is 0. The first-order valence-electron chi connectivity index (χ1n) is 8.50. The van der Waals surface area contributed by atoms with Gasteiger partial charge in [0.1, 0.15) is 11.9 Å². The number of para-hydroxylation sites is 1. The first kappa shape index (κ1) is 19.3. The van der Waals surface area contributed by atoms with Crippen LogP contribution in [0, 0.1) is 6.92 Å². The Balaban J connectivity index is 0.00000208. The molecule has 0 aliphatic carbocycles. The summed E-state index contributed by atoms with van der Waals surface area (Å²) < 4.78 is 11.9. The van der Waals surface area contributed by atoms with Gasteiger partial charge in [0.05, 0.1) is 24.8 Å². The van der Waals surface area contributed by atoms with Gasteiger partial charge in [-0.05, 0) is 44.7 Å². The summed E-state index contributed by atoms with van der Waals surface area (Å²) in [5.74, 6) is 1.76. The number of halogens is 1. The summed E-state index contributed by atoms with van der Waals surface area (Å²) in [6, 6.07) is 8.47. The molecular formula is C18H28IN3O2. The molecule has 4 atom stereocenters. The van der Waals surface area contributed by atoms with Gasteiger partial charge < -0.3 is 20.1 Å². The molecule has 0 saturated carbocycles. The molecule has 2 aliphatic rings. The number of benzene rings is 1. The van der Waals surface area contributed by atoms with Crippen LogP contribution in [-0.2, 0) is 4.74 Å². The summed E-state index contributed by atoms with van der Waals surface area (Å²) in [4.78, 5) is 4.31. The summed E-state index contributed by atoms with van der Waals surface area (Å²) in [5, 5.41) is 6.84. The van der Waals surface area contributed by atoms with Gasteiger partial charge in [-0.3, -0.25) is 4.99 Å². The van der Waals surface area contributed by atoms with E-state index in [0.717, 1.165) is 30.1 Å². The van der Waals surface area contributed by atoms with E-state index >= 15 is 0 Å². The summed E-state index contributed by atoms with van der Waals surface area (Å²) in [6.07, 6.45) is 4.30. The molecule has 2 saturated heterocycles. The Kier molecular flexibility index (Phi) is 7.16. The van der Waals surface area contributed by atoms with Crippen LogP contribution in [0.4, 0.5) is 0 Å². The van der Waals surface area contributed by atoms with Crippen molar-refractivity contribution in [1.29, 1.82) is 0 Å². The predicted octanol–water partition coefficient (Wildman–Crippen LogP) is 2.87. The monoisotopic (exact) mass is 445 g/mol. The third-order valence-corrected chi connectivity index (χ3v) is 4.63. The number of aryl methyl sites for hydroxylation is 1. The maximum atomic E-state index is 5.99. The van der Waals surface area contributed by atoms with E-state index < -0.39 is 0 Å². The highest BCUT2D eigenvalue weighted by Gasteiger charge is 2.41. The normalized spacial score (nSPS) is 26.6. The largest absolute Gasteiger partial charge is 0.489 e. The third kappa shape index (κ3) is 4.75. The molecule has 2 aliphatic heterocycles. The van der Waals surface area contributed by atoms with Crippen molar-refractivity contribution in [2.45, 2.75) is 57.5 Å². The molecule has 1 aromatic rings. The molecule has 0 spiro atoms. The van der Waals surface area contributed by atoms with Crippen molar-refractivity contribution in [3.63, 3.8) is 0 Å². The molecule has 5 nitrogen and oxygen atoms in total. The Labute approximate surface area is 161 Å². The molecule has 3 rings (SSSR count). The lowest BCUT2D eigenvalue weighted by molar-refractivity contribution is 0.0992. The van der Waals surface area contributed by atoms with Crippen LogP contribution in [0.15, 0.2) is 29.3 Å². The van der Waals surface area contributed by atoms with E-state index in [2.05, 4.69) is 35.5 Å². The number of guanidine groups is 1. The van der Waals surface area contributed by atoms with Crippen LogP contribution in [0.25, 0.3) is 0 Å². The molecule has 2 N–H and O–H groups in total. The van der Waals surface area contributed by atoms with Crippen LogP contribution in [0.3, 0.4) is 0 Å². The number of aliphatic imine (C=N–C) groups is 1. The molecule has 2 bridgehead atoms. The van der Waals surface area contributed by atoms with Crippen molar-refractivity contribution in [3.05, 3.63) is 29.8 Å². The quantitative estimate of drug-likeness (QED) is 0.416. The van der Waals surface area contributed by atoms with Crippen LogP contribution >= 0.6 is 24.0 Å². The Morgan fingerprint density at radius 2 is 2.17 bits per heavy atom. The zero-order valence-electron chi connectivity index (χ0n) is 14.6. The van der Waals surface area contributed by atoms with E-state index in [1.807, 2.05) is 18.2 Å². The second-order valence-electron chi connectivity index (χ2n) is 6.51. The maximum absolute atomic E-state index is 5.99. The summed E-state index contributed by atoms with van der Waals surface area (Å²) >= 11 is 0. The third-order valence-electron chi connectivity index (χ3n) is 4.63. The first-order chi connectivity index (χ1) is 11.2. The fourth-order valence-electron chi connectivity index (χ4n) is 3.35. The van der Waals surface area contributed by atoms with Crippen molar-refractivity contribution in [1.82, 2.24) is 10.6 Å². The molecule has 6 heteroatoms. The molecule has 4 unspecified atom stereocenters. The van der Waals surface area contributed by atoms with Crippen LogP contribution in [0.2, 0.25) is 0 Å². The van der Waals surface area contributed by atoms with Crippen molar-refractivity contribution in [2.75, 3.05) is 13.6 Å². The topological polar surface area (TPSA) is 54.9 Å². The zero-order chi connectivity index (χ0) is 16.2. The molecular weight excluding hydrogens is 417 g/mol. The van der Waals surface area contributed by atoms with Gasteiger partial charge in [0, 0.05) is 7.05 Å². The molecule has 2 fully saturated rings. The second-order valence-corrected chi connectivity index (χ2v) is 6.51. The number of fused-ring (bicyclic) bond motifs is 2. The molecule has 0 amide bonds. The summed E-state index contributed by atoms with van der Waals surface area (Å²) in [5.41, 5.74) is 1.15. The van der Waals surface area contributed by atoms with Crippen LogP contribution in [0.5, 0.6) is 5.75 Å². The SMILES string of the molecule is CN=C(NCC(C)Oc1ccccc1C)NC1CC2CCC1O2.I. The van der Waals surface area contributed by atoms with E-state index in [1.165, 1.54) is 6.42 Å². The van der Waals surface area contributed by atoms with E-state index in [9.17, 15) is 0 Å². The Morgan fingerprint density at radius 3 is 2.79 bits per heavy atom. The van der Waals surface area contributed by atoms with Gasteiger partial charge in [-0.1, -0.05) is 18.2 Å². The standard InChI is InChI=1S/C18H27N3O2.HI/c1-12-6-4-5-7-16(12)22-13(2)11-20-18(19-3)21-15-10-14-8-9-17(15)23-14;/h4-7,13-15,17H,8-11H2,1-3H3,(H2,19,20,21);1H. The number of ether oxygens (including phenoxy) is 2. The lowest BCUT2D eigenvalue weighted by atomic mass is 9.96. The fourth-order valence-corrected chi connectivity index (χ4v) is 3.35. The Bertz CT molecular complexity index is 567. The molecule has 134 valence electrons. The second kappa shape index (κ2) is 8.89. The Morgan fingerprint density at radius 1 is 1.38 bits per heavy atom. The van der Waals surface area contributed by atoms with E-state index in [-0.39, 0.29) is 30.1 Å². The van der Waals surface area contributed by atoms with Gasteiger partial charge in [-0.15, -0.1) is 24.0 Å². The number of hydrogen-bond donors (Lipinski definition) is 2. The highest BCUT2D eigenvalue weighted by Crippen LogP contribution is 2.34. The first-order valence-corrected chi connectivity index (χ1v) is 8.50. The van der Waals surface area contributed by atoms with E-state index in [4.69, 9.17) is 9.47 Å². The minimum Gasteiger partial charge on any atom is -0.489 e. The van der Waals surface area contributed by atoms with Crippen molar-refractivity contribution in [3.8, 4) is 5.75 Å². The van der Waals surface area contributed by atoms with Crippen molar-refractivity contribution in [2.24, 2.45) is 4.99 Å². The van der Waals surface area contributed by atoms with Gasteiger partial charge in [-0.2, -0.15) is 0 Å². The summed E-state index contributed by atoms with van der Waals surface area (Å²) in [6.45, 7) is 4.83. The molecule has 2 heterocycles. The highest BCUT2D eigenvalue weighted by atomic mass is 127. The fraction of sp³-hybridized carbons (Fsp3) is 0.611. The van der Waals surface area contributed by atoms with Crippen LogP contribution in [0.1, 0.15) is 31.7 Å². The summed E-state index contributed by atoms with van der Waals surface area (Å²) in [7, 11) is 1.80. The molecule has 1 aromatic carbocycles. The van der Waals surface area contributed by atoms with Crippen LogP contribution in [-0.4, -0.2) is 43.9 Å². The maximum Gasteiger partial charge on any atom is 0.191 e. The number of hydrogen-bond acceptors (Lipinski definition) is 3.